The van der Waals surface area contributed by atoms with Gasteiger partial charge in [0.15, 0.2) is 0 Å². The van der Waals surface area contributed by atoms with Crippen LogP contribution in [0.2, 0.25) is 0 Å². The molecule has 2 rings (SSSR count). The quantitative estimate of drug-likeness (QED) is 0.148. The second kappa shape index (κ2) is 14.8. The smallest absolute Gasteiger partial charge is 0.326 e. The Bertz CT molecular complexity index is 905. The molecule has 3 amide bonds. The maximum atomic E-state index is 13.2. The van der Waals surface area contributed by atoms with Crippen molar-refractivity contribution in [3.8, 4) is 0 Å². The van der Waals surface area contributed by atoms with E-state index in [9.17, 15) is 29.1 Å². The largest absolute Gasteiger partial charge is 0.481 e. The number of carboxylic acid groups (broad SMARTS) is 2. The molecule has 8 N–H and O–H groups in total. The third-order valence-electron chi connectivity index (χ3n) is 5.87. The van der Waals surface area contributed by atoms with Gasteiger partial charge < -0.3 is 37.2 Å². The number of unbranched alkanes of at least 4 members (excludes halogenated alkanes) is 1. The lowest BCUT2D eigenvalue weighted by molar-refractivity contribution is -0.147. The Labute approximate surface area is 209 Å². The van der Waals surface area contributed by atoms with Crippen LogP contribution in [0.4, 0.5) is 0 Å². The third kappa shape index (κ3) is 9.62. The molecular formula is C24H35N5O7. The van der Waals surface area contributed by atoms with Gasteiger partial charge in [-0.25, -0.2) is 4.79 Å². The molecule has 0 aromatic heterocycles. The average molecular weight is 506 g/mol. The summed E-state index contributed by atoms with van der Waals surface area (Å²) < 4.78 is 0. The molecule has 198 valence electrons. The maximum absolute atomic E-state index is 13.2. The van der Waals surface area contributed by atoms with Crippen LogP contribution < -0.4 is 27.0 Å². The number of hydrogen-bond acceptors (Lipinski definition) is 7. The van der Waals surface area contributed by atoms with Crippen molar-refractivity contribution in [3.05, 3.63) is 35.9 Å². The highest BCUT2D eigenvalue weighted by atomic mass is 16.4. The van der Waals surface area contributed by atoms with E-state index in [0.29, 0.717) is 44.3 Å². The van der Waals surface area contributed by atoms with Gasteiger partial charge in [0.25, 0.3) is 0 Å². The first kappa shape index (κ1) is 28.7. The van der Waals surface area contributed by atoms with Gasteiger partial charge in [-0.2, -0.15) is 0 Å². The fourth-order valence-corrected chi connectivity index (χ4v) is 3.92. The van der Waals surface area contributed by atoms with Crippen LogP contribution in [0.3, 0.4) is 0 Å². The summed E-state index contributed by atoms with van der Waals surface area (Å²) in [6, 6.07) is 4.58. The minimum Gasteiger partial charge on any atom is -0.481 e. The Kier molecular flexibility index (Phi) is 11.8. The highest BCUT2D eigenvalue weighted by Gasteiger charge is 2.32. The van der Waals surface area contributed by atoms with Gasteiger partial charge in [0, 0.05) is 6.42 Å². The summed E-state index contributed by atoms with van der Waals surface area (Å²) >= 11 is 0. The normalized spacial score (nSPS) is 17.4. The van der Waals surface area contributed by atoms with Crippen molar-refractivity contribution in [2.24, 2.45) is 5.73 Å². The number of carboxylic acids is 2. The number of rotatable bonds is 15. The van der Waals surface area contributed by atoms with Crippen molar-refractivity contribution in [2.75, 3.05) is 13.1 Å². The minimum absolute atomic E-state index is 0.0332. The van der Waals surface area contributed by atoms with Crippen LogP contribution in [-0.2, 0) is 30.4 Å². The highest BCUT2D eigenvalue weighted by Crippen LogP contribution is 2.09. The Balaban J connectivity index is 2.19. The van der Waals surface area contributed by atoms with Crippen molar-refractivity contribution in [2.45, 2.75) is 69.1 Å². The molecule has 1 heterocycles. The Morgan fingerprint density at radius 2 is 1.61 bits per heavy atom. The maximum Gasteiger partial charge on any atom is 0.326 e. The molecule has 0 saturated carbocycles. The van der Waals surface area contributed by atoms with E-state index >= 15 is 0 Å². The van der Waals surface area contributed by atoms with Gasteiger partial charge in [-0.05, 0) is 50.8 Å². The van der Waals surface area contributed by atoms with E-state index in [1.807, 2.05) is 0 Å². The number of amides is 3. The van der Waals surface area contributed by atoms with Crippen LogP contribution >= 0.6 is 0 Å². The van der Waals surface area contributed by atoms with E-state index in [0.717, 1.165) is 6.42 Å². The molecule has 12 nitrogen and oxygen atoms in total. The molecule has 1 aliphatic rings. The zero-order valence-corrected chi connectivity index (χ0v) is 20.1. The molecule has 0 radical (unpaired) electrons. The highest BCUT2D eigenvalue weighted by molar-refractivity contribution is 5.94. The molecule has 1 aromatic carbocycles. The van der Waals surface area contributed by atoms with Gasteiger partial charge >= 0.3 is 11.9 Å². The van der Waals surface area contributed by atoms with Crippen LogP contribution in [0.15, 0.2) is 30.3 Å². The summed E-state index contributed by atoms with van der Waals surface area (Å²) in [4.78, 5) is 61.3. The van der Waals surface area contributed by atoms with E-state index in [-0.39, 0.29) is 12.3 Å². The van der Waals surface area contributed by atoms with Crippen LogP contribution in [0.1, 0.15) is 44.1 Å². The summed E-state index contributed by atoms with van der Waals surface area (Å²) in [6.45, 7) is 1.13. The molecule has 12 heteroatoms. The van der Waals surface area contributed by atoms with E-state index in [4.69, 9.17) is 10.8 Å². The molecule has 1 aromatic rings. The van der Waals surface area contributed by atoms with Gasteiger partial charge in [-0.15, -0.1) is 0 Å². The lowest BCUT2D eigenvalue weighted by Gasteiger charge is -2.25. The molecule has 0 spiro atoms. The van der Waals surface area contributed by atoms with E-state index in [1.54, 1.807) is 30.3 Å². The minimum atomic E-state index is -1.67. The fourth-order valence-electron chi connectivity index (χ4n) is 3.92. The lowest BCUT2D eigenvalue weighted by atomic mass is 10.0. The molecule has 4 atom stereocenters. The molecule has 1 fully saturated rings. The van der Waals surface area contributed by atoms with Crippen LogP contribution in [0.25, 0.3) is 0 Å². The zero-order chi connectivity index (χ0) is 26.5. The number of hydrogen-bond donors (Lipinski definition) is 7. The molecule has 4 unspecified atom stereocenters. The van der Waals surface area contributed by atoms with Crippen molar-refractivity contribution < 1.29 is 34.2 Å². The topological polar surface area (TPSA) is 200 Å². The van der Waals surface area contributed by atoms with Crippen molar-refractivity contribution in [1.29, 1.82) is 0 Å². The predicted molar refractivity (Wildman–Crippen MR) is 130 cm³/mol. The van der Waals surface area contributed by atoms with Gasteiger partial charge in [-0.1, -0.05) is 30.3 Å². The number of benzene rings is 1. The lowest BCUT2D eigenvalue weighted by Crippen LogP contribution is -2.57. The molecule has 1 saturated heterocycles. The average Bonchev–Trinajstić information content (AvgIpc) is 3.38. The first-order chi connectivity index (χ1) is 17.2. The SMILES string of the molecule is NCCCCC(NC(=O)C1CCCN1)C(=O)NC(Cc1ccccc1)C(=O)NC(CC(=O)O)C(=O)O. The van der Waals surface area contributed by atoms with Gasteiger partial charge in [0.1, 0.15) is 18.1 Å². The Hall–Kier alpha value is -3.51. The fraction of sp³-hybridized carbons (Fsp3) is 0.542. The summed E-state index contributed by atoms with van der Waals surface area (Å²) in [5, 5.41) is 28.9. The first-order valence-electron chi connectivity index (χ1n) is 12.0. The van der Waals surface area contributed by atoms with Gasteiger partial charge in [0.2, 0.25) is 17.7 Å². The molecule has 1 aliphatic heterocycles. The van der Waals surface area contributed by atoms with Gasteiger partial charge in [-0.3, -0.25) is 19.2 Å². The molecule has 0 aliphatic carbocycles. The van der Waals surface area contributed by atoms with E-state index in [2.05, 4.69) is 21.3 Å². The van der Waals surface area contributed by atoms with Crippen molar-refractivity contribution >= 4 is 29.7 Å². The molecule has 36 heavy (non-hydrogen) atoms. The first-order valence-corrected chi connectivity index (χ1v) is 12.0. The molecular weight excluding hydrogens is 470 g/mol. The van der Waals surface area contributed by atoms with Crippen LogP contribution in [-0.4, -0.2) is 77.1 Å². The van der Waals surface area contributed by atoms with Gasteiger partial charge in [0.05, 0.1) is 12.5 Å². The number of carbonyl (C=O) groups excluding carboxylic acids is 3. The van der Waals surface area contributed by atoms with Crippen molar-refractivity contribution in [3.63, 3.8) is 0 Å². The van der Waals surface area contributed by atoms with E-state index in [1.165, 1.54) is 0 Å². The Morgan fingerprint density at radius 1 is 0.944 bits per heavy atom. The number of nitrogens with two attached hydrogens (primary N) is 1. The molecule has 0 bridgehead atoms. The monoisotopic (exact) mass is 505 g/mol. The van der Waals surface area contributed by atoms with E-state index < -0.39 is 54.3 Å². The summed E-state index contributed by atoms with van der Waals surface area (Å²) in [7, 11) is 0. The standard InChI is InChI=1S/C24H35N5O7/c25-11-5-4-9-17(27-21(32)16-10-6-12-26-16)22(33)28-18(13-15-7-2-1-3-8-15)23(34)29-19(24(35)36)14-20(30)31/h1-3,7-8,16-19,26H,4-6,9-14,25H2,(H,27,32)(H,28,33)(H,29,34)(H,30,31)(H,35,36). The Morgan fingerprint density at radius 3 is 2.19 bits per heavy atom. The predicted octanol–water partition coefficient (Wildman–Crippen LogP) is -0.876. The number of aliphatic carboxylic acids is 2. The zero-order valence-electron chi connectivity index (χ0n) is 20.1. The summed E-state index contributed by atoms with van der Waals surface area (Å²) in [5.41, 5.74) is 6.26. The summed E-state index contributed by atoms with van der Waals surface area (Å²) in [6.07, 6.45) is 2.24. The second-order valence-corrected chi connectivity index (χ2v) is 8.74. The van der Waals surface area contributed by atoms with Crippen LogP contribution in [0.5, 0.6) is 0 Å². The van der Waals surface area contributed by atoms with Crippen molar-refractivity contribution in [1.82, 2.24) is 21.3 Å². The van der Waals surface area contributed by atoms with Crippen LogP contribution in [0, 0.1) is 0 Å². The third-order valence-corrected chi connectivity index (χ3v) is 5.87. The number of nitrogens with one attached hydrogen (secondary N) is 4. The summed E-state index contributed by atoms with van der Waals surface area (Å²) in [5.74, 6) is -4.65. The number of carbonyl (C=O) groups is 5. The second-order valence-electron chi connectivity index (χ2n) is 8.74.